The average molecular weight is 296 g/mol. The lowest BCUT2D eigenvalue weighted by atomic mass is 10.1. The van der Waals surface area contributed by atoms with Crippen LogP contribution in [-0.2, 0) is 11.2 Å². The molecule has 0 radical (unpaired) electrons. The van der Waals surface area contributed by atoms with Gasteiger partial charge in [0.15, 0.2) is 0 Å². The number of carbonyl (C=O) groups is 1. The van der Waals surface area contributed by atoms with Gasteiger partial charge in [0.25, 0.3) is 0 Å². The quantitative estimate of drug-likeness (QED) is 0.850. The van der Waals surface area contributed by atoms with E-state index in [0.717, 1.165) is 10.9 Å². The van der Waals surface area contributed by atoms with Gasteiger partial charge in [0.2, 0.25) is 0 Å². The Bertz CT molecular complexity index is 442. The third-order valence-electron chi connectivity index (χ3n) is 3.28. The lowest BCUT2D eigenvalue weighted by molar-refractivity contribution is -0.117. The zero-order valence-electron chi connectivity index (χ0n) is 10.5. The van der Waals surface area contributed by atoms with Gasteiger partial charge in [0.05, 0.1) is 0 Å². The van der Waals surface area contributed by atoms with Crippen LogP contribution in [0, 0.1) is 0 Å². The molecule has 0 fully saturated rings. The summed E-state index contributed by atoms with van der Waals surface area (Å²) in [6.07, 6.45) is 1.60. The molecule has 17 heavy (non-hydrogen) atoms. The summed E-state index contributed by atoms with van der Waals surface area (Å²) in [6.45, 7) is 6.04. The van der Waals surface area contributed by atoms with Gasteiger partial charge in [-0.05, 0) is 44.9 Å². The zero-order valence-corrected chi connectivity index (χ0v) is 12.1. The Morgan fingerprint density at radius 1 is 1.53 bits per heavy atom. The van der Waals surface area contributed by atoms with Gasteiger partial charge in [-0.1, -0.05) is 22.0 Å². The van der Waals surface area contributed by atoms with Crippen LogP contribution in [0.3, 0.4) is 0 Å². The Labute approximate surface area is 111 Å². The minimum atomic E-state index is 0.268. The second kappa shape index (κ2) is 4.81. The third kappa shape index (κ3) is 2.39. The highest BCUT2D eigenvalue weighted by atomic mass is 79.9. The van der Waals surface area contributed by atoms with E-state index < -0.39 is 0 Å². The second-order valence-corrected chi connectivity index (χ2v) is 5.86. The molecule has 0 aliphatic carbocycles. The fourth-order valence-electron chi connectivity index (χ4n) is 2.72. The lowest BCUT2D eigenvalue weighted by Gasteiger charge is -2.31. The largest absolute Gasteiger partial charge is 0.365 e. The van der Waals surface area contributed by atoms with Crippen LogP contribution in [0.25, 0.3) is 0 Å². The van der Waals surface area contributed by atoms with E-state index in [4.69, 9.17) is 0 Å². The molecule has 2 rings (SSSR count). The maximum absolute atomic E-state index is 11.4. The Balaban J connectivity index is 2.37. The molecule has 1 aromatic rings. The van der Waals surface area contributed by atoms with Crippen molar-refractivity contribution in [1.82, 2.24) is 0 Å². The molecule has 2 nitrogen and oxygen atoms in total. The van der Waals surface area contributed by atoms with Gasteiger partial charge < -0.3 is 4.90 Å². The van der Waals surface area contributed by atoms with Crippen LogP contribution in [0.2, 0.25) is 0 Å². The average Bonchev–Trinajstić information content (AvgIpc) is 2.56. The standard InChI is InChI=1S/C14H18BrNO/c1-9(2)16-11(7-10(3)17)8-12-13(15)5-4-6-14(12)16/h4-6,9,11H,7-8H2,1-3H3. The highest BCUT2D eigenvalue weighted by Crippen LogP contribution is 2.39. The van der Waals surface area contributed by atoms with Crippen molar-refractivity contribution in [3.63, 3.8) is 0 Å². The molecule has 0 N–H and O–H groups in total. The van der Waals surface area contributed by atoms with E-state index in [-0.39, 0.29) is 5.78 Å². The number of rotatable bonds is 3. The fourth-order valence-corrected chi connectivity index (χ4v) is 3.24. The third-order valence-corrected chi connectivity index (χ3v) is 4.03. The molecule has 1 aliphatic heterocycles. The Hall–Kier alpha value is -0.830. The number of nitrogens with zero attached hydrogens (tertiary/aromatic N) is 1. The zero-order chi connectivity index (χ0) is 12.6. The number of benzene rings is 1. The van der Waals surface area contributed by atoms with Crippen LogP contribution in [0.5, 0.6) is 0 Å². The van der Waals surface area contributed by atoms with Crippen LogP contribution in [-0.4, -0.2) is 17.9 Å². The summed E-state index contributed by atoms with van der Waals surface area (Å²) in [5.74, 6) is 0.268. The molecule has 1 unspecified atom stereocenters. The van der Waals surface area contributed by atoms with Gasteiger partial charge in [-0.25, -0.2) is 0 Å². The molecule has 3 heteroatoms. The number of hydrogen-bond acceptors (Lipinski definition) is 2. The van der Waals surface area contributed by atoms with Gasteiger partial charge in [0.1, 0.15) is 5.78 Å². The summed E-state index contributed by atoms with van der Waals surface area (Å²) in [5, 5.41) is 0. The minimum absolute atomic E-state index is 0.268. The van der Waals surface area contributed by atoms with Crippen LogP contribution >= 0.6 is 15.9 Å². The first-order valence-corrected chi connectivity index (χ1v) is 6.85. The predicted octanol–water partition coefficient (Wildman–Crippen LogP) is 3.57. The SMILES string of the molecule is CC(=O)CC1Cc2c(Br)cccc2N1C(C)C. The summed E-state index contributed by atoms with van der Waals surface area (Å²) < 4.78 is 1.16. The monoisotopic (exact) mass is 295 g/mol. The predicted molar refractivity (Wildman–Crippen MR) is 74.5 cm³/mol. The molecular formula is C14H18BrNO. The second-order valence-electron chi connectivity index (χ2n) is 5.00. The van der Waals surface area contributed by atoms with E-state index in [2.05, 4.69) is 52.9 Å². The van der Waals surface area contributed by atoms with Crippen LogP contribution in [0.4, 0.5) is 5.69 Å². The number of hydrogen-bond donors (Lipinski definition) is 0. The van der Waals surface area contributed by atoms with E-state index in [9.17, 15) is 4.79 Å². The molecule has 92 valence electrons. The first-order chi connectivity index (χ1) is 8.00. The fraction of sp³-hybridized carbons (Fsp3) is 0.500. The molecule has 1 aromatic carbocycles. The summed E-state index contributed by atoms with van der Waals surface area (Å²) >= 11 is 3.61. The number of ketones is 1. The van der Waals surface area contributed by atoms with Gasteiger partial charge in [0, 0.05) is 28.7 Å². The normalized spacial score (nSPS) is 18.6. The van der Waals surface area contributed by atoms with Crippen molar-refractivity contribution >= 4 is 27.4 Å². The van der Waals surface area contributed by atoms with E-state index in [0.29, 0.717) is 18.5 Å². The summed E-state index contributed by atoms with van der Waals surface area (Å²) in [6, 6.07) is 7.04. The van der Waals surface area contributed by atoms with Crippen LogP contribution < -0.4 is 4.90 Å². The highest BCUT2D eigenvalue weighted by molar-refractivity contribution is 9.10. The van der Waals surface area contributed by atoms with Crippen LogP contribution in [0.1, 0.15) is 32.8 Å². The minimum Gasteiger partial charge on any atom is -0.365 e. The molecule has 1 heterocycles. The molecule has 1 atom stereocenters. The first kappa shape index (κ1) is 12.6. The highest BCUT2D eigenvalue weighted by Gasteiger charge is 2.32. The Kier molecular flexibility index (Phi) is 3.57. The molecule has 0 saturated heterocycles. The van der Waals surface area contributed by atoms with Gasteiger partial charge in [-0.2, -0.15) is 0 Å². The Morgan fingerprint density at radius 3 is 2.82 bits per heavy atom. The van der Waals surface area contributed by atoms with Crippen molar-refractivity contribution in [2.75, 3.05) is 4.90 Å². The van der Waals surface area contributed by atoms with Gasteiger partial charge >= 0.3 is 0 Å². The molecule has 0 bridgehead atoms. The van der Waals surface area contributed by atoms with Gasteiger partial charge in [-0.3, -0.25) is 4.79 Å². The van der Waals surface area contributed by atoms with Crippen molar-refractivity contribution in [3.8, 4) is 0 Å². The number of anilines is 1. The summed E-state index contributed by atoms with van der Waals surface area (Å²) in [5.41, 5.74) is 2.62. The van der Waals surface area contributed by atoms with Crippen molar-refractivity contribution < 1.29 is 4.79 Å². The number of Topliss-reactive ketones (excluding diaryl/α,β-unsaturated/α-hetero) is 1. The molecular weight excluding hydrogens is 278 g/mol. The van der Waals surface area contributed by atoms with E-state index in [1.807, 2.05) is 0 Å². The number of halogens is 1. The van der Waals surface area contributed by atoms with Crippen LogP contribution in [0.15, 0.2) is 22.7 Å². The smallest absolute Gasteiger partial charge is 0.131 e. The molecule has 0 saturated carbocycles. The molecule has 0 spiro atoms. The van der Waals surface area contributed by atoms with Crippen molar-refractivity contribution in [3.05, 3.63) is 28.2 Å². The van der Waals surface area contributed by atoms with Crippen molar-refractivity contribution in [2.45, 2.75) is 45.7 Å². The van der Waals surface area contributed by atoms with Crippen molar-refractivity contribution in [1.29, 1.82) is 0 Å². The number of carbonyl (C=O) groups excluding carboxylic acids is 1. The molecule has 1 aliphatic rings. The molecule has 0 aromatic heterocycles. The maximum atomic E-state index is 11.4. The van der Waals surface area contributed by atoms with E-state index in [1.165, 1.54) is 11.3 Å². The van der Waals surface area contributed by atoms with E-state index in [1.54, 1.807) is 6.92 Å². The van der Waals surface area contributed by atoms with E-state index >= 15 is 0 Å². The Morgan fingerprint density at radius 2 is 2.24 bits per heavy atom. The molecule has 0 amide bonds. The lowest BCUT2D eigenvalue weighted by Crippen LogP contribution is -2.38. The summed E-state index contributed by atoms with van der Waals surface area (Å²) in [7, 11) is 0. The van der Waals surface area contributed by atoms with Crippen molar-refractivity contribution in [2.24, 2.45) is 0 Å². The maximum Gasteiger partial charge on any atom is 0.131 e. The summed E-state index contributed by atoms with van der Waals surface area (Å²) in [4.78, 5) is 13.7. The van der Waals surface area contributed by atoms with Gasteiger partial charge in [-0.15, -0.1) is 0 Å². The topological polar surface area (TPSA) is 20.3 Å². The number of fused-ring (bicyclic) bond motifs is 1. The first-order valence-electron chi connectivity index (χ1n) is 6.06.